The summed E-state index contributed by atoms with van der Waals surface area (Å²) in [5.74, 6) is 0.468. The van der Waals surface area contributed by atoms with E-state index in [1.54, 1.807) is 12.1 Å². The van der Waals surface area contributed by atoms with Crippen molar-refractivity contribution in [1.29, 1.82) is 0 Å². The molecule has 0 bridgehead atoms. The molecule has 0 unspecified atom stereocenters. The number of benzene rings is 2. The van der Waals surface area contributed by atoms with Gasteiger partial charge < -0.3 is 4.90 Å². The van der Waals surface area contributed by atoms with Gasteiger partial charge in [0.15, 0.2) is 0 Å². The van der Waals surface area contributed by atoms with Crippen LogP contribution in [0.4, 0.5) is 0 Å². The van der Waals surface area contributed by atoms with Gasteiger partial charge in [-0.3, -0.25) is 4.79 Å². The minimum absolute atomic E-state index is 0.0806. The van der Waals surface area contributed by atoms with Gasteiger partial charge in [0.25, 0.3) is 10.2 Å². The van der Waals surface area contributed by atoms with Crippen molar-refractivity contribution in [2.24, 2.45) is 5.92 Å². The number of nitrogens with zero attached hydrogens (tertiary/aromatic N) is 3. The van der Waals surface area contributed by atoms with E-state index in [9.17, 15) is 13.2 Å². The first kappa shape index (κ1) is 23.2. The molecule has 1 amide bonds. The van der Waals surface area contributed by atoms with Gasteiger partial charge in [0.2, 0.25) is 5.91 Å². The van der Waals surface area contributed by atoms with Crippen molar-refractivity contribution in [3.8, 4) is 0 Å². The number of piperidine rings is 1. The first-order valence-corrected chi connectivity index (χ1v) is 13.0. The molecule has 2 aromatic rings. The van der Waals surface area contributed by atoms with Gasteiger partial charge in [-0.15, -0.1) is 0 Å². The largest absolute Gasteiger partial charge is 0.342 e. The highest BCUT2D eigenvalue weighted by atomic mass is 35.5. The summed E-state index contributed by atoms with van der Waals surface area (Å²) in [5.41, 5.74) is 2.21. The summed E-state index contributed by atoms with van der Waals surface area (Å²) in [4.78, 5) is 14.7. The van der Waals surface area contributed by atoms with Crippen LogP contribution in [0.3, 0.4) is 0 Å². The zero-order valence-electron chi connectivity index (χ0n) is 18.2. The molecule has 172 valence electrons. The van der Waals surface area contributed by atoms with E-state index in [2.05, 4.69) is 24.3 Å². The van der Waals surface area contributed by atoms with Crippen molar-refractivity contribution in [2.45, 2.75) is 32.2 Å². The third-order valence-electron chi connectivity index (χ3n) is 6.39. The lowest BCUT2D eigenvalue weighted by Gasteiger charge is -2.37. The van der Waals surface area contributed by atoms with Gasteiger partial charge in [0.1, 0.15) is 0 Å². The summed E-state index contributed by atoms with van der Waals surface area (Å²) >= 11 is 5.93. The van der Waals surface area contributed by atoms with E-state index in [-0.39, 0.29) is 19.0 Å². The smallest absolute Gasteiger partial charge is 0.282 e. The lowest BCUT2D eigenvalue weighted by Crippen LogP contribution is -2.53. The molecule has 2 fully saturated rings. The number of carbonyl (C=O) groups excluding carboxylic acids is 1. The second-order valence-electron chi connectivity index (χ2n) is 8.67. The van der Waals surface area contributed by atoms with Crippen molar-refractivity contribution in [3.63, 3.8) is 0 Å². The molecule has 0 aliphatic carbocycles. The van der Waals surface area contributed by atoms with Gasteiger partial charge in [-0.05, 0) is 54.9 Å². The Morgan fingerprint density at radius 3 is 2.22 bits per heavy atom. The number of hydrogen-bond donors (Lipinski definition) is 0. The lowest BCUT2D eigenvalue weighted by molar-refractivity contribution is -0.132. The Hall–Kier alpha value is -1.93. The summed E-state index contributed by atoms with van der Waals surface area (Å²) in [6.07, 6.45) is 3.65. The predicted octanol–water partition coefficient (Wildman–Crippen LogP) is 3.57. The number of hydrogen-bond acceptors (Lipinski definition) is 3. The van der Waals surface area contributed by atoms with Gasteiger partial charge in [-0.2, -0.15) is 17.0 Å². The Kier molecular flexibility index (Phi) is 7.51. The fourth-order valence-corrected chi connectivity index (χ4v) is 6.27. The zero-order valence-corrected chi connectivity index (χ0v) is 19.8. The second kappa shape index (κ2) is 10.3. The first-order valence-electron chi connectivity index (χ1n) is 11.2. The maximum Gasteiger partial charge on any atom is 0.282 e. The number of halogens is 1. The van der Waals surface area contributed by atoms with E-state index in [4.69, 9.17) is 11.6 Å². The molecule has 0 atom stereocenters. The quantitative estimate of drug-likeness (QED) is 0.641. The molecule has 6 nitrogen and oxygen atoms in total. The molecule has 2 aliphatic heterocycles. The van der Waals surface area contributed by atoms with Gasteiger partial charge in [-0.25, -0.2) is 0 Å². The Bertz CT molecular complexity index is 1010. The van der Waals surface area contributed by atoms with Crippen molar-refractivity contribution in [3.05, 3.63) is 70.7 Å². The van der Waals surface area contributed by atoms with Gasteiger partial charge in [0, 0.05) is 37.7 Å². The lowest BCUT2D eigenvalue weighted by atomic mass is 9.90. The highest BCUT2D eigenvalue weighted by Gasteiger charge is 2.36. The van der Waals surface area contributed by atoms with Gasteiger partial charge in [-0.1, -0.05) is 54.1 Å². The molecule has 0 N–H and O–H groups in total. The SMILES string of the molecule is O=C(CN1CCCN(Cc2ccc(Cl)cc2)S1(=O)=O)N1CCC(Cc2ccccc2)CC1. The molecule has 2 heterocycles. The monoisotopic (exact) mass is 475 g/mol. The van der Waals surface area contributed by atoms with E-state index >= 15 is 0 Å². The molecule has 0 radical (unpaired) electrons. The molecular formula is C24H30ClN3O3S. The molecule has 2 saturated heterocycles. The van der Waals surface area contributed by atoms with Gasteiger partial charge >= 0.3 is 0 Å². The second-order valence-corrected chi connectivity index (χ2v) is 11.0. The molecule has 4 rings (SSSR count). The summed E-state index contributed by atoms with van der Waals surface area (Å²) < 4.78 is 29.0. The van der Waals surface area contributed by atoms with Crippen LogP contribution in [0.5, 0.6) is 0 Å². The molecular weight excluding hydrogens is 446 g/mol. The first-order chi connectivity index (χ1) is 15.4. The summed E-state index contributed by atoms with van der Waals surface area (Å²) in [7, 11) is -3.67. The van der Waals surface area contributed by atoms with Crippen molar-refractivity contribution < 1.29 is 13.2 Å². The van der Waals surface area contributed by atoms with E-state index in [1.807, 2.05) is 23.1 Å². The molecule has 32 heavy (non-hydrogen) atoms. The molecule has 2 aromatic carbocycles. The van der Waals surface area contributed by atoms with Crippen LogP contribution in [0.1, 0.15) is 30.4 Å². The fourth-order valence-electron chi connectivity index (χ4n) is 4.52. The normalized spacial score (nSPS) is 20.3. The Morgan fingerprint density at radius 1 is 0.875 bits per heavy atom. The minimum atomic E-state index is -3.67. The Balaban J connectivity index is 1.31. The topological polar surface area (TPSA) is 60.9 Å². The van der Waals surface area contributed by atoms with Crippen LogP contribution in [0.15, 0.2) is 54.6 Å². The molecule has 2 aliphatic rings. The maximum atomic E-state index is 13.1. The Labute approximate surface area is 195 Å². The van der Waals surface area contributed by atoms with Crippen LogP contribution < -0.4 is 0 Å². The summed E-state index contributed by atoms with van der Waals surface area (Å²) in [6.45, 7) is 2.44. The van der Waals surface area contributed by atoms with Crippen LogP contribution in [-0.2, 0) is 28.0 Å². The van der Waals surface area contributed by atoms with Crippen LogP contribution in [0, 0.1) is 5.92 Å². The highest BCUT2D eigenvalue weighted by molar-refractivity contribution is 7.86. The van der Waals surface area contributed by atoms with Gasteiger partial charge in [0.05, 0.1) is 6.54 Å². The van der Waals surface area contributed by atoms with E-state index in [0.717, 1.165) is 24.8 Å². The van der Waals surface area contributed by atoms with Crippen LogP contribution in [0.2, 0.25) is 5.02 Å². The zero-order chi connectivity index (χ0) is 22.6. The molecule has 8 heteroatoms. The standard InChI is InChI=1S/C24H30ClN3O3S/c25-23-9-7-22(8-10-23)18-27-13-4-14-28(32(27,30)31)19-24(29)26-15-11-21(12-16-26)17-20-5-2-1-3-6-20/h1-3,5-10,21H,4,11-19H2. The average Bonchev–Trinajstić information content (AvgIpc) is 2.79. The summed E-state index contributed by atoms with van der Waals surface area (Å²) in [6, 6.07) is 17.6. The van der Waals surface area contributed by atoms with Crippen molar-refractivity contribution >= 4 is 27.7 Å². The summed E-state index contributed by atoms with van der Waals surface area (Å²) in [5, 5.41) is 0.620. The number of carbonyl (C=O) groups is 1. The van der Waals surface area contributed by atoms with Crippen LogP contribution in [0.25, 0.3) is 0 Å². The number of likely N-dealkylation sites (tertiary alicyclic amines) is 1. The maximum absolute atomic E-state index is 13.1. The van der Waals surface area contributed by atoms with Crippen molar-refractivity contribution in [1.82, 2.24) is 13.5 Å². The number of rotatable bonds is 6. The third kappa shape index (κ3) is 5.70. The third-order valence-corrected chi connectivity index (χ3v) is 8.57. The number of amides is 1. The minimum Gasteiger partial charge on any atom is -0.342 e. The molecule has 0 saturated carbocycles. The Morgan fingerprint density at radius 2 is 1.53 bits per heavy atom. The molecule has 0 spiro atoms. The van der Waals surface area contributed by atoms with Crippen molar-refractivity contribution in [2.75, 3.05) is 32.7 Å². The van der Waals surface area contributed by atoms with E-state index in [1.165, 1.54) is 14.2 Å². The van der Waals surface area contributed by atoms with E-state index in [0.29, 0.717) is 43.5 Å². The van der Waals surface area contributed by atoms with Crippen LogP contribution in [-0.4, -0.2) is 60.6 Å². The highest BCUT2D eigenvalue weighted by Crippen LogP contribution is 2.24. The van der Waals surface area contributed by atoms with E-state index < -0.39 is 10.2 Å². The fraction of sp³-hybridized carbons (Fsp3) is 0.458. The van der Waals surface area contributed by atoms with Crippen LogP contribution >= 0.6 is 11.6 Å². The predicted molar refractivity (Wildman–Crippen MR) is 126 cm³/mol. The average molecular weight is 476 g/mol. The molecule has 0 aromatic heterocycles.